The third-order valence-corrected chi connectivity index (χ3v) is 3.82. The Labute approximate surface area is 93.0 Å². The molecule has 0 atom stereocenters. The van der Waals surface area contributed by atoms with E-state index in [0.29, 0.717) is 6.10 Å². The number of ether oxygens (including phenoxy) is 1. The molecule has 15 heavy (non-hydrogen) atoms. The van der Waals surface area contributed by atoms with E-state index in [4.69, 9.17) is 4.74 Å². The van der Waals surface area contributed by atoms with Gasteiger partial charge in [0.05, 0.1) is 6.10 Å². The average molecular weight is 212 g/mol. The molecule has 2 aliphatic rings. The minimum atomic E-state index is -0.779. The van der Waals surface area contributed by atoms with Gasteiger partial charge in [0.25, 0.3) is 0 Å². The zero-order chi connectivity index (χ0) is 10.6. The van der Waals surface area contributed by atoms with Gasteiger partial charge in [-0.15, -0.1) is 0 Å². The maximum absolute atomic E-state index is 10.4. The molecule has 2 saturated carbocycles. The van der Waals surface area contributed by atoms with Gasteiger partial charge in [0.15, 0.2) is 5.79 Å². The van der Waals surface area contributed by atoms with Crippen LogP contribution in [0.5, 0.6) is 0 Å². The first kappa shape index (κ1) is 11.4. The lowest BCUT2D eigenvalue weighted by molar-refractivity contribution is -0.240. The van der Waals surface area contributed by atoms with E-state index in [1.807, 2.05) is 0 Å². The quantitative estimate of drug-likeness (QED) is 0.561. The van der Waals surface area contributed by atoms with Crippen LogP contribution < -0.4 is 0 Å². The smallest absolute Gasteiger partial charge is 0.165 e. The second-order valence-corrected chi connectivity index (χ2v) is 5.24. The van der Waals surface area contributed by atoms with Crippen LogP contribution in [0.2, 0.25) is 0 Å². The van der Waals surface area contributed by atoms with Gasteiger partial charge in [0.2, 0.25) is 0 Å². The van der Waals surface area contributed by atoms with Crippen LogP contribution in [0.15, 0.2) is 0 Å². The SMILES string of the molecule is OC1(OC2CCCCC2)CCCCCC1. The Balaban J connectivity index is 1.83. The van der Waals surface area contributed by atoms with Crippen LogP contribution in [0.25, 0.3) is 0 Å². The predicted molar refractivity (Wildman–Crippen MR) is 60.6 cm³/mol. The highest BCUT2D eigenvalue weighted by molar-refractivity contribution is 4.75. The molecule has 0 saturated heterocycles. The summed E-state index contributed by atoms with van der Waals surface area (Å²) in [6.45, 7) is 0. The van der Waals surface area contributed by atoms with Gasteiger partial charge in [-0.1, -0.05) is 32.1 Å². The minimum absolute atomic E-state index is 0.335. The highest BCUT2D eigenvalue weighted by atomic mass is 16.6. The summed E-state index contributed by atoms with van der Waals surface area (Å²) >= 11 is 0. The fourth-order valence-corrected chi connectivity index (χ4v) is 2.89. The van der Waals surface area contributed by atoms with Crippen LogP contribution in [0.1, 0.15) is 70.6 Å². The van der Waals surface area contributed by atoms with Crippen LogP contribution in [0.4, 0.5) is 0 Å². The van der Waals surface area contributed by atoms with E-state index >= 15 is 0 Å². The fraction of sp³-hybridized carbons (Fsp3) is 1.00. The maximum atomic E-state index is 10.4. The highest BCUT2D eigenvalue weighted by Gasteiger charge is 2.32. The fourth-order valence-electron chi connectivity index (χ4n) is 2.89. The van der Waals surface area contributed by atoms with Crippen molar-refractivity contribution in [3.05, 3.63) is 0 Å². The van der Waals surface area contributed by atoms with E-state index in [1.165, 1.54) is 32.1 Å². The molecule has 0 aliphatic heterocycles. The Morgan fingerprint density at radius 1 is 0.800 bits per heavy atom. The normalized spacial score (nSPS) is 28.6. The van der Waals surface area contributed by atoms with Gasteiger partial charge in [-0.25, -0.2) is 0 Å². The first-order valence-corrected chi connectivity index (χ1v) is 6.69. The lowest BCUT2D eigenvalue weighted by Crippen LogP contribution is -2.37. The van der Waals surface area contributed by atoms with Crippen molar-refractivity contribution in [2.45, 2.75) is 82.5 Å². The Kier molecular flexibility index (Phi) is 4.04. The molecule has 0 aromatic carbocycles. The Hall–Kier alpha value is -0.0800. The molecule has 0 bridgehead atoms. The van der Waals surface area contributed by atoms with Crippen molar-refractivity contribution in [2.75, 3.05) is 0 Å². The number of aliphatic hydroxyl groups is 1. The van der Waals surface area contributed by atoms with E-state index in [1.54, 1.807) is 0 Å². The molecule has 88 valence electrons. The monoisotopic (exact) mass is 212 g/mol. The lowest BCUT2D eigenvalue weighted by atomic mass is 9.97. The Bertz CT molecular complexity index is 177. The summed E-state index contributed by atoms with van der Waals surface area (Å²) in [5.74, 6) is -0.779. The Morgan fingerprint density at radius 3 is 1.93 bits per heavy atom. The van der Waals surface area contributed by atoms with Gasteiger partial charge in [0, 0.05) is 12.8 Å². The second kappa shape index (κ2) is 5.31. The standard InChI is InChI=1S/C13H24O2/c14-13(10-6-1-2-7-11-13)15-12-8-4-3-5-9-12/h12,14H,1-11H2. The molecule has 0 aromatic heterocycles. The summed E-state index contributed by atoms with van der Waals surface area (Å²) in [5, 5.41) is 10.4. The maximum Gasteiger partial charge on any atom is 0.165 e. The molecular weight excluding hydrogens is 188 g/mol. The molecule has 0 radical (unpaired) electrons. The van der Waals surface area contributed by atoms with E-state index in [2.05, 4.69) is 0 Å². The van der Waals surface area contributed by atoms with E-state index in [-0.39, 0.29) is 0 Å². The summed E-state index contributed by atoms with van der Waals surface area (Å²) in [6, 6.07) is 0. The van der Waals surface area contributed by atoms with Crippen LogP contribution >= 0.6 is 0 Å². The summed E-state index contributed by atoms with van der Waals surface area (Å²) in [7, 11) is 0. The first-order valence-electron chi connectivity index (χ1n) is 6.69. The number of hydrogen-bond donors (Lipinski definition) is 1. The molecule has 2 fully saturated rings. The van der Waals surface area contributed by atoms with Crippen molar-refractivity contribution in [1.82, 2.24) is 0 Å². The van der Waals surface area contributed by atoms with Gasteiger partial charge in [-0.05, 0) is 25.7 Å². The van der Waals surface area contributed by atoms with E-state index < -0.39 is 5.79 Å². The third kappa shape index (κ3) is 3.46. The Morgan fingerprint density at radius 2 is 1.33 bits per heavy atom. The molecule has 0 heterocycles. The van der Waals surface area contributed by atoms with Gasteiger partial charge in [-0.3, -0.25) is 0 Å². The predicted octanol–water partition coefficient (Wildman–Crippen LogP) is 3.38. The number of hydrogen-bond acceptors (Lipinski definition) is 2. The van der Waals surface area contributed by atoms with Crippen LogP contribution in [-0.4, -0.2) is 17.0 Å². The van der Waals surface area contributed by atoms with Crippen LogP contribution in [0, 0.1) is 0 Å². The average Bonchev–Trinajstić information content (AvgIpc) is 2.45. The van der Waals surface area contributed by atoms with E-state index in [9.17, 15) is 5.11 Å². The van der Waals surface area contributed by atoms with Gasteiger partial charge >= 0.3 is 0 Å². The molecule has 0 unspecified atom stereocenters. The molecule has 0 aromatic rings. The highest BCUT2D eigenvalue weighted by Crippen LogP contribution is 2.32. The first-order chi connectivity index (χ1) is 7.29. The van der Waals surface area contributed by atoms with Crippen LogP contribution in [-0.2, 0) is 4.74 Å². The third-order valence-electron chi connectivity index (χ3n) is 3.82. The van der Waals surface area contributed by atoms with Gasteiger partial charge < -0.3 is 9.84 Å². The summed E-state index contributed by atoms with van der Waals surface area (Å²) in [6.07, 6.45) is 13.0. The molecular formula is C13H24O2. The van der Waals surface area contributed by atoms with Crippen LogP contribution in [0.3, 0.4) is 0 Å². The van der Waals surface area contributed by atoms with Crippen molar-refractivity contribution in [3.63, 3.8) is 0 Å². The topological polar surface area (TPSA) is 29.5 Å². The van der Waals surface area contributed by atoms with E-state index in [0.717, 1.165) is 38.5 Å². The zero-order valence-electron chi connectivity index (χ0n) is 9.71. The van der Waals surface area contributed by atoms with Crippen molar-refractivity contribution in [1.29, 1.82) is 0 Å². The summed E-state index contributed by atoms with van der Waals surface area (Å²) < 4.78 is 5.96. The van der Waals surface area contributed by atoms with Crippen molar-refractivity contribution < 1.29 is 9.84 Å². The summed E-state index contributed by atoms with van der Waals surface area (Å²) in [4.78, 5) is 0. The molecule has 0 spiro atoms. The molecule has 2 nitrogen and oxygen atoms in total. The number of rotatable bonds is 2. The largest absolute Gasteiger partial charge is 0.365 e. The lowest BCUT2D eigenvalue weighted by Gasteiger charge is -2.33. The zero-order valence-corrected chi connectivity index (χ0v) is 9.71. The van der Waals surface area contributed by atoms with Crippen molar-refractivity contribution in [2.24, 2.45) is 0 Å². The molecule has 1 N–H and O–H groups in total. The summed E-state index contributed by atoms with van der Waals surface area (Å²) in [5.41, 5.74) is 0. The molecule has 0 amide bonds. The second-order valence-electron chi connectivity index (χ2n) is 5.24. The van der Waals surface area contributed by atoms with Crippen molar-refractivity contribution in [3.8, 4) is 0 Å². The minimum Gasteiger partial charge on any atom is -0.365 e. The molecule has 2 aliphatic carbocycles. The molecule has 2 heteroatoms. The van der Waals surface area contributed by atoms with Gasteiger partial charge in [0.1, 0.15) is 0 Å². The van der Waals surface area contributed by atoms with Gasteiger partial charge in [-0.2, -0.15) is 0 Å². The van der Waals surface area contributed by atoms with Crippen molar-refractivity contribution >= 4 is 0 Å². The molecule has 2 rings (SSSR count).